The molecule has 0 fully saturated rings. The van der Waals surface area contributed by atoms with Crippen LogP contribution in [0.2, 0.25) is 0 Å². The molecule has 10 rings (SSSR count). The SMILES string of the molecule is CC1(C)c2cc(N(c3ccccc3)c3ccc4c(c3)c3c5ccccc5ccc3n4-c3ccccc3)ccc2-c2cc3ccccc3cc21. The lowest BCUT2D eigenvalue weighted by molar-refractivity contribution is 0.661. The summed E-state index contributed by atoms with van der Waals surface area (Å²) < 4.78 is 2.41. The van der Waals surface area contributed by atoms with E-state index >= 15 is 0 Å². The fourth-order valence-corrected chi connectivity index (χ4v) is 8.35. The molecule has 0 atom stereocenters. The number of rotatable bonds is 4. The van der Waals surface area contributed by atoms with E-state index in [9.17, 15) is 0 Å². The van der Waals surface area contributed by atoms with E-state index in [4.69, 9.17) is 0 Å². The smallest absolute Gasteiger partial charge is 0.0547 e. The molecule has 0 spiro atoms. The average molecular weight is 627 g/mol. The second-order valence-electron chi connectivity index (χ2n) is 13.8. The van der Waals surface area contributed by atoms with Gasteiger partial charge in [-0.05, 0) is 117 Å². The molecule has 1 aromatic heterocycles. The Morgan fingerprint density at radius 2 is 1.04 bits per heavy atom. The van der Waals surface area contributed by atoms with E-state index in [2.05, 4.69) is 193 Å². The lowest BCUT2D eigenvalue weighted by atomic mass is 9.81. The summed E-state index contributed by atoms with van der Waals surface area (Å²) in [6, 6.07) is 62.4. The van der Waals surface area contributed by atoms with Crippen LogP contribution in [-0.2, 0) is 5.41 Å². The average Bonchev–Trinajstić information content (AvgIpc) is 3.59. The molecule has 1 aliphatic rings. The van der Waals surface area contributed by atoms with E-state index in [1.54, 1.807) is 0 Å². The van der Waals surface area contributed by atoms with Crippen LogP contribution in [0.5, 0.6) is 0 Å². The maximum atomic E-state index is 2.43. The van der Waals surface area contributed by atoms with Gasteiger partial charge in [0.15, 0.2) is 0 Å². The summed E-state index contributed by atoms with van der Waals surface area (Å²) in [5.74, 6) is 0. The Labute approximate surface area is 286 Å². The number of hydrogen-bond acceptors (Lipinski definition) is 1. The molecule has 0 radical (unpaired) electrons. The maximum absolute atomic E-state index is 2.43. The van der Waals surface area contributed by atoms with Gasteiger partial charge in [0.05, 0.1) is 11.0 Å². The third kappa shape index (κ3) is 4.14. The predicted octanol–water partition coefficient (Wildman–Crippen LogP) is 12.9. The molecule has 0 saturated carbocycles. The Morgan fingerprint density at radius 1 is 0.429 bits per heavy atom. The van der Waals surface area contributed by atoms with Gasteiger partial charge in [0.1, 0.15) is 0 Å². The zero-order valence-corrected chi connectivity index (χ0v) is 27.6. The van der Waals surface area contributed by atoms with Crippen LogP contribution in [0, 0.1) is 0 Å². The third-order valence-electron chi connectivity index (χ3n) is 10.7. The molecule has 1 heterocycles. The van der Waals surface area contributed by atoms with Gasteiger partial charge in [0, 0.05) is 38.9 Å². The monoisotopic (exact) mass is 626 g/mol. The Balaban J connectivity index is 1.21. The van der Waals surface area contributed by atoms with Crippen LogP contribution in [0.25, 0.3) is 60.2 Å². The van der Waals surface area contributed by atoms with Crippen molar-refractivity contribution in [1.82, 2.24) is 4.57 Å². The normalized spacial score (nSPS) is 13.3. The highest BCUT2D eigenvalue weighted by Crippen LogP contribution is 2.52. The second-order valence-corrected chi connectivity index (χ2v) is 13.8. The zero-order chi connectivity index (χ0) is 32.7. The van der Waals surface area contributed by atoms with Crippen molar-refractivity contribution in [2.75, 3.05) is 4.90 Å². The molecule has 0 saturated heterocycles. The van der Waals surface area contributed by atoms with Crippen LogP contribution in [0.15, 0.2) is 170 Å². The van der Waals surface area contributed by atoms with E-state index in [1.165, 1.54) is 71.3 Å². The zero-order valence-electron chi connectivity index (χ0n) is 27.6. The number of anilines is 3. The van der Waals surface area contributed by atoms with Crippen molar-refractivity contribution in [3.63, 3.8) is 0 Å². The van der Waals surface area contributed by atoms with Crippen LogP contribution in [-0.4, -0.2) is 4.57 Å². The summed E-state index contributed by atoms with van der Waals surface area (Å²) >= 11 is 0. The first-order chi connectivity index (χ1) is 24.1. The largest absolute Gasteiger partial charge is 0.310 e. The first kappa shape index (κ1) is 27.9. The minimum Gasteiger partial charge on any atom is -0.310 e. The summed E-state index contributed by atoms with van der Waals surface area (Å²) in [5.41, 5.74) is 12.3. The molecular weight excluding hydrogens is 593 g/mol. The Kier molecular flexibility index (Phi) is 5.95. The van der Waals surface area contributed by atoms with Gasteiger partial charge >= 0.3 is 0 Å². The molecule has 0 N–H and O–H groups in total. The van der Waals surface area contributed by atoms with E-state index in [0.29, 0.717) is 0 Å². The standard InChI is InChI=1S/C47H34N2/c1-47(2)42-28-33-15-10-9-14-32(33)27-40(42)39-24-22-37(30-43(39)47)48(34-16-5-3-6-17-34)36-23-26-44-41(29-36)46-38-20-12-11-13-31(38)21-25-45(46)49(44)35-18-7-4-8-19-35/h3-30H,1-2H3. The topological polar surface area (TPSA) is 8.17 Å². The van der Waals surface area contributed by atoms with E-state index in [0.717, 1.165) is 17.1 Å². The van der Waals surface area contributed by atoms with Crippen molar-refractivity contribution in [3.8, 4) is 16.8 Å². The van der Waals surface area contributed by atoms with Crippen LogP contribution < -0.4 is 4.90 Å². The van der Waals surface area contributed by atoms with Gasteiger partial charge in [-0.25, -0.2) is 0 Å². The molecule has 2 heteroatoms. The summed E-state index contributed by atoms with van der Waals surface area (Å²) in [7, 11) is 0. The molecule has 8 aromatic carbocycles. The summed E-state index contributed by atoms with van der Waals surface area (Å²) in [5, 5.41) is 7.63. The molecule has 0 amide bonds. The number of nitrogens with zero attached hydrogens (tertiary/aromatic N) is 2. The lowest BCUT2D eigenvalue weighted by Crippen LogP contribution is -2.16. The molecule has 0 unspecified atom stereocenters. The van der Waals surface area contributed by atoms with Crippen molar-refractivity contribution < 1.29 is 0 Å². The summed E-state index contributed by atoms with van der Waals surface area (Å²) in [4.78, 5) is 2.42. The number of benzene rings is 8. The molecule has 2 nitrogen and oxygen atoms in total. The van der Waals surface area contributed by atoms with Crippen molar-refractivity contribution in [1.29, 1.82) is 0 Å². The van der Waals surface area contributed by atoms with Crippen LogP contribution in [0.3, 0.4) is 0 Å². The van der Waals surface area contributed by atoms with E-state index in [1.807, 2.05) is 0 Å². The van der Waals surface area contributed by atoms with Crippen molar-refractivity contribution in [2.24, 2.45) is 0 Å². The molecule has 0 aliphatic heterocycles. The van der Waals surface area contributed by atoms with Crippen molar-refractivity contribution in [2.45, 2.75) is 19.3 Å². The fourth-order valence-electron chi connectivity index (χ4n) is 8.35. The first-order valence-electron chi connectivity index (χ1n) is 17.1. The third-order valence-corrected chi connectivity index (χ3v) is 10.7. The van der Waals surface area contributed by atoms with Crippen LogP contribution in [0.1, 0.15) is 25.0 Å². The van der Waals surface area contributed by atoms with Gasteiger partial charge in [-0.2, -0.15) is 0 Å². The minimum absolute atomic E-state index is 0.126. The van der Waals surface area contributed by atoms with Crippen LogP contribution >= 0.6 is 0 Å². The van der Waals surface area contributed by atoms with Crippen molar-refractivity contribution >= 4 is 60.4 Å². The lowest BCUT2D eigenvalue weighted by Gasteiger charge is -2.28. The summed E-state index contributed by atoms with van der Waals surface area (Å²) in [6.45, 7) is 4.75. The van der Waals surface area contributed by atoms with Gasteiger partial charge in [0.25, 0.3) is 0 Å². The second kappa shape index (κ2) is 10.4. The highest BCUT2D eigenvalue weighted by molar-refractivity contribution is 6.22. The minimum atomic E-state index is -0.126. The van der Waals surface area contributed by atoms with E-state index in [-0.39, 0.29) is 5.41 Å². The number of aromatic nitrogens is 1. The Hall–Kier alpha value is -6.12. The van der Waals surface area contributed by atoms with Crippen molar-refractivity contribution in [3.05, 3.63) is 181 Å². The van der Waals surface area contributed by atoms with E-state index < -0.39 is 0 Å². The first-order valence-corrected chi connectivity index (χ1v) is 17.1. The quantitative estimate of drug-likeness (QED) is 0.189. The maximum Gasteiger partial charge on any atom is 0.0547 e. The molecular formula is C47H34N2. The van der Waals surface area contributed by atoms with Gasteiger partial charge < -0.3 is 9.47 Å². The number of hydrogen-bond donors (Lipinski definition) is 0. The number of fused-ring (bicyclic) bond motifs is 9. The molecule has 0 bridgehead atoms. The Morgan fingerprint density at radius 3 is 1.84 bits per heavy atom. The highest BCUT2D eigenvalue weighted by Gasteiger charge is 2.36. The highest BCUT2D eigenvalue weighted by atomic mass is 15.1. The molecule has 9 aromatic rings. The molecule has 49 heavy (non-hydrogen) atoms. The fraction of sp³-hybridized carbons (Fsp3) is 0.0638. The van der Waals surface area contributed by atoms with Gasteiger partial charge in [0.2, 0.25) is 0 Å². The van der Waals surface area contributed by atoms with Gasteiger partial charge in [-0.1, -0.05) is 111 Å². The predicted molar refractivity (Wildman–Crippen MR) is 208 cm³/mol. The Bertz CT molecular complexity index is 2740. The van der Waals surface area contributed by atoms with Gasteiger partial charge in [-0.15, -0.1) is 0 Å². The molecule has 1 aliphatic carbocycles. The van der Waals surface area contributed by atoms with Gasteiger partial charge in [-0.3, -0.25) is 0 Å². The molecule has 232 valence electrons. The summed E-state index contributed by atoms with van der Waals surface area (Å²) in [6.07, 6.45) is 0. The van der Waals surface area contributed by atoms with Crippen LogP contribution in [0.4, 0.5) is 17.1 Å². The number of para-hydroxylation sites is 2.